The lowest BCUT2D eigenvalue weighted by atomic mass is 10.1. The summed E-state index contributed by atoms with van der Waals surface area (Å²) in [6, 6.07) is 1.48. The first-order valence-electron chi connectivity index (χ1n) is 6.35. The normalized spacial score (nSPS) is 14.0. The second-order valence-electron chi connectivity index (χ2n) is 4.52. The maximum atomic E-state index is 12.6. The highest BCUT2D eigenvalue weighted by Gasteiger charge is 2.29. The molecule has 1 unspecified atom stereocenters. The molecular formula is C12H21BrN2O3S. The van der Waals surface area contributed by atoms with Crippen LogP contribution in [0.2, 0.25) is 0 Å². The van der Waals surface area contributed by atoms with Crippen LogP contribution in [0.3, 0.4) is 0 Å². The van der Waals surface area contributed by atoms with Gasteiger partial charge in [-0.3, -0.25) is 0 Å². The van der Waals surface area contributed by atoms with Crippen LogP contribution in [0.15, 0.2) is 20.0 Å². The molecule has 0 spiro atoms. The van der Waals surface area contributed by atoms with Crippen LogP contribution < -0.4 is 5.73 Å². The van der Waals surface area contributed by atoms with Crippen LogP contribution in [-0.2, 0) is 16.6 Å². The standard InChI is InChI=1S/C12H21BrN2O3S/c1-4-9(3)8-15(5-2)19(16,17)11-6-10(7-14)18-12(11)13/h6,9H,4-5,7-8,14H2,1-3H3. The van der Waals surface area contributed by atoms with Gasteiger partial charge in [0.25, 0.3) is 0 Å². The molecule has 2 N–H and O–H groups in total. The molecule has 0 aromatic carbocycles. The van der Waals surface area contributed by atoms with Crippen molar-refractivity contribution in [3.8, 4) is 0 Å². The van der Waals surface area contributed by atoms with Crippen LogP contribution in [-0.4, -0.2) is 25.8 Å². The van der Waals surface area contributed by atoms with Crippen molar-refractivity contribution in [3.63, 3.8) is 0 Å². The summed E-state index contributed by atoms with van der Waals surface area (Å²) in [6.07, 6.45) is 0.937. The van der Waals surface area contributed by atoms with Gasteiger partial charge in [-0.2, -0.15) is 4.31 Å². The molecule has 19 heavy (non-hydrogen) atoms. The minimum atomic E-state index is -3.54. The fourth-order valence-corrected chi connectivity index (χ4v) is 4.22. The summed E-state index contributed by atoms with van der Waals surface area (Å²) in [5.41, 5.74) is 5.46. The van der Waals surface area contributed by atoms with Crippen LogP contribution in [0.5, 0.6) is 0 Å². The fraction of sp³-hybridized carbons (Fsp3) is 0.667. The summed E-state index contributed by atoms with van der Waals surface area (Å²) >= 11 is 3.15. The molecule has 5 nitrogen and oxygen atoms in total. The largest absolute Gasteiger partial charge is 0.452 e. The zero-order chi connectivity index (χ0) is 14.6. The molecule has 1 rings (SSSR count). The van der Waals surface area contributed by atoms with E-state index in [-0.39, 0.29) is 16.1 Å². The van der Waals surface area contributed by atoms with Gasteiger partial charge < -0.3 is 10.2 Å². The Bertz CT molecular complexity index is 513. The van der Waals surface area contributed by atoms with E-state index in [0.29, 0.717) is 24.8 Å². The van der Waals surface area contributed by atoms with E-state index in [1.165, 1.54) is 10.4 Å². The van der Waals surface area contributed by atoms with Gasteiger partial charge in [0.1, 0.15) is 10.7 Å². The molecule has 0 saturated carbocycles. The van der Waals surface area contributed by atoms with E-state index < -0.39 is 10.0 Å². The third kappa shape index (κ3) is 3.81. The quantitative estimate of drug-likeness (QED) is 0.817. The fourth-order valence-electron chi connectivity index (χ4n) is 1.69. The van der Waals surface area contributed by atoms with Crippen molar-refractivity contribution in [1.82, 2.24) is 4.31 Å². The molecule has 110 valence electrons. The zero-order valence-electron chi connectivity index (χ0n) is 11.5. The number of hydrogen-bond donors (Lipinski definition) is 1. The first kappa shape index (κ1) is 16.7. The number of halogens is 1. The van der Waals surface area contributed by atoms with E-state index in [0.717, 1.165) is 6.42 Å². The van der Waals surface area contributed by atoms with Crippen LogP contribution in [0, 0.1) is 5.92 Å². The van der Waals surface area contributed by atoms with Gasteiger partial charge in [-0.25, -0.2) is 8.42 Å². The Balaban J connectivity index is 3.09. The van der Waals surface area contributed by atoms with Crippen molar-refractivity contribution < 1.29 is 12.8 Å². The predicted octanol–water partition coefficient (Wildman–Crippen LogP) is 2.56. The van der Waals surface area contributed by atoms with E-state index in [1.54, 1.807) is 0 Å². The van der Waals surface area contributed by atoms with E-state index >= 15 is 0 Å². The lowest BCUT2D eigenvalue weighted by Crippen LogP contribution is -2.34. The van der Waals surface area contributed by atoms with Crippen molar-refractivity contribution in [2.24, 2.45) is 11.7 Å². The van der Waals surface area contributed by atoms with Gasteiger partial charge in [0.2, 0.25) is 10.0 Å². The van der Waals surface area contributed by atoms with E-state index in [1.807, 2.05) is 20.8 Å². The Morgan fingerprint density at radius 1 is 1.47 bits per heavy atom. The second-order valence-corrected chi connectivity index (χ2v) is 7.15. The zero-order valence-corrected chi connectivity index (χ0v) is 13.9. The average molecular weight is 353 g/mol. The third-order valence-electron chi connectivity index (χ3n) is 3.09. The van der Waals surface area contributed by atoms with Crippen LogP contribution in [0.4, 0.5) is 0 Å². The minimum absolute atomic E-state index is 0.151. The lowest BCUT2D eigenvalue weighted by molar-refractivity contribution is 0.360. The van der Waals surface area contributed by atoms with Gasteiger partial charge in [0, 0.05) is 19.2 Å². The monoisotopic (exact) mass is 352 g/mol. The first-order valence-corrected chi connectivity index (χ1v) is 8.58. The molecule has 0 aliphatic heterocycles. The summed E-state index contributed by atoms with van der Waals surface area (Å²) in [4.78, 5) is 0.151. The van der Waals surface area contributed by atoms with Gasteiger partial charge in [-0.15, -0.1) is 0 Å². The Hall–Kier alpha value is -0.370. The minimum Gasteiger partial charge on any atom is -0.452 e. The molecule has 0 radical (unpaired) electrons. The Kier molecular flexibility index (Phi) is 6.04. The maximum absolute atomic E-state index is 12.6. The van der Waals surface area contributed by atoms with Crippen LogP contribution in [0.1, 0.15) is 33.0 Å². The van der Waals surface area contributed by atoms with Crippen molar-refractivity contribution in [1.29, 1.82) is 0 Å². The molecule has 1 atom stereocenters. The summed E-state index contributed by atoms with van der Waals surface area (Å²) in [7, 11) is -3.54. The highest BCUT2D eigenvalue weighted by molar-refractivity contribution is 9.10. The molecule has 0 fully saturated rings. The van der Waals surface area contributed by atoms with Gasteiger partial charge >= 0.3 is 0 Å². The molecule has 7 heteroatoms. The number of nitrogens with zero attached hydrogens (tertiary/aromatic N) is 1. The second kappa shape index (κ2) is 6.88. The topological polar surface area (TPSA) is 76.5 Å². The molecule has 1 aromatic heterocycles. The lowest BCUT2D eigenvalue weighted by Gasteiger charge is -2.22. The highest BCUT2D eigenvalue weighted by atomic mass is 79.9. The Morgan fingerprint density at radius 3 is 2.53 bits per heavy atom. The Labute approximate surface area is 123 Å². The molecule has 0 aliphatic rings. The van der Waals surface area contributed by atoms with Gasteiger partial charge in [0.15, 0.2) is 4.67 Å². The number of hydrogen-bond acceptors (Lipinski definition) is 4. The molecule has 1 aromatic rings. The first-order chi connectivity index (χ1) is 8.86. The maximum Gasteiger partial charge on any atom is 0.247 e. The number of sulfonamides is 1. The predicted molar refractivity (Wildman–Crippen MR) is 78.2 cm³/mol. The number of nitrogens with two attached hydrogens (primary N) is 1. The molecule has 0 aliphatic carbocycles. The number of furan rings is 1. The molecule has 0 bridgehead atoms. The molecule has 0 amide bonds. The Morgan fingerprint density at radius 2 is 2.11 bits per heavy atom. The number of rotatable bonds is 7. The molecular weight excluding hydrogens is 332 g/mol. The van der Waals surface area contributed by atoms with E-state index in [9.17, 15) is 8.42 Å². The SMILES string of the molecule is CCC(C)CN(CC)S(=O)(=O)c1cc(CN)oc1Br. The average Bonchev–Trinajstić information content (AvgIpc) is 2.77. The van der Waals surface area contributed by atoms with Gasteiger partial charge in [0.05, 0.1) is 6.54 Å². The molecule has 0 saturated heterocycles. The van der Waals surface area contributed by atoms with Crippen LogP contribution >= 0.6 is 15.9 Å². The smallest absolute Gasteiger partial charge is 0.247 e. The van der Waals surface area contributed by atoms with Crippen molar-refractivity contribution in [2.45, 2.75) is 38.6 Å². The summed E-state index contributed by atoms with van der Waals surface area (Å²) in [6.45, 7) is 7.02. The summed E-state index contributed by atoms with van der Waals surface area (Å²) < 4.78 is 32.1. The van der Waals surface area contributed by atoms with Crippen LogP contribution in [0.25, 0.3) is 0 Å². The summed E-state index contributed by atoms with van der Waals surface area (Å²) in [5, 5.41) is 0. The third-order valence-corrected chi connectivity index (χ3v) is 5.89. The van der Waals surface area contributed by atoms with E-state index in [2.05, 4.69) is 15.9 Å². The summed E-state index contributed by atoms with van der Waals surface area (Å²) in [5.74, 6) is 0.763. The van der Waals surface area contributed by atoms with Crippen molar-refractivity contribution in [2.75, 3.05) is 13.1 Å². The van der Waals surface area contributed by atoms with E-state index in [4.69, 9.17) is 10.2 Å². The van der Waals surface area contributed by atoms with Gasteiger partial charge in [-0.1, -0.05) is 27.2 Å². The highest BCUT2D eigenvalue weighted by Crippen LogP contribution is 2.29. The van der Waals surface area contributed by atoms with Crippen molar-refractivity contribution >= 4 is 26.0 Å². The molecule has 1 heterocycles. The van der Waals surface area contributed by atoms with Gasteiger partial charge in [-0.05, 0) is 21.8 Å². The van der Waals surface area contributed by atoms with Crippen molar-refractivity contribution in [3.05, 3.63) is 16.5 Å².